The monoisotopic (exact) mass is 231 g/mol. The fraction of sp³-hybridized carbons (Fsp3) is 0.500. The SMILES string of the molecule is COc1ccccc1C1(N=C=O)CC(C)(C)C1. The van der Waals surface area contributed by atoms with E-state index in [1.807, 2.05) is 24.3 Å². The van der Waals surface area contributed by atoms with Crippen LogP contribution in [-0.4, -0.2) is 13.2 Å². The molecule has 3 nitrogen and oxygen atoms in total. The number of aliphatic imine (C=N–C) groups is 1. The number of benzene rings is 1. The van der Waals surface area contributed by atoms with Gasteiger partial charge in [0.2, 0.25) is 6.08 Å². The van der Waals surface area contributed by atoms with Crippen LogP contribution in [0.5, 0.6) is 5.75 Å². The van der Waals surface area contributed by atoms with Crippen molar-refractivity contribution in [2.75, 3.05) is 7.11 Å². The summed E-state index contributed by atoms with van der Waals surface area (Å²) >= 11 is 0. The van der Waals surface area contributed by atoms with Gasteiger partial charge in [0, 0.05) is 5.56 Å². The van der Waals surface area contributed by atoms with Crippen molar-refractivity contribution in [3.8, 4) is 5.75 Å². The zero-order chi connectivity index (χ0) is 12.5. The van der Waals surface area contributed by atoms with Crippen LogP contribution in [0.4, 0.5) is 0 Å². The number of para-hydroxylation sites is 1. The van der Waals surface area contributed by atoms with Gasteiger partial charge in [-0.2, -0.15) is 4.99 Å². The number of nitrogens with zero attached hydrogens (tertiary/aromatic N) is 1. The number of ether oxygens (including phenoxy) is 1. The maximum Gasteiger partial charge on any atom is 0.235 e. The van der Waals surface area contributed by atoms with Gasteiger partial charge in [-0.05, 0) is 24.3 Å². The van der Waals surface area contributed by atoms with Crippen LogP contribution < -0.4 is 4.74 Å². The van der Waals surface area contributed by atoms with Crippen LogP contribution in [0.1, 0.15) is 32.3 Å². The topological polar surface area (TPSA) is 38.7 Å². The molecule has 0 bridgehead atoms. The third-order valence-corrected chi connectivity index (χ3v) is 3.41. The van der Waals surface area contributed by atoms with Gasteiger partial charge in [0.1, 0.15) is 11.3 Å². The number of carbonyl (C=O) groups excluding carboxylic acids is 1. The lowest BCUT2D eigenvalue weighted by molar-refractivity contribution is 0.0619. The zero-order valence-corrected chi connectivity index (χ0v) is 10.5. The van der Waals surface area contributed by atoms with Crippen LogP contribution in [0.15, 0.2) is 29.3 Å². The minimum Gasteiger partial charge on any atom is -0.496 e. The minimum atomic E-state index is -0.433. The summed E-state index contributed by atoms with van der Waals surface area (Å²) in [4.78, 5) is 14.7. The second-order valence-corrected chi connectivity index (χ2v) is 5.45. The average molecular weight is 231 g/mol. The van der Waals surface area contributed by atoms with Gasteiger partial charge in [0.05, 0.1) is 7.11 Å². The second kappa shape index (κ2) is 4.01. The van der Waals surface area contributed by atoms with E-state index in [9.17, 15) is 4.79 Å². The Bertz CT molecular complexity index is 465. The van der Waals surface area contributed by atoms with Gasteiger partial charge in [-0.25, -0.2) is 4.79 Å². The Hall–Kier alpha value is -1.60. The molecule has 1 aliphatic rings. The van der Waals surface area contributed by atoms with Crippen LogP contribution in [0.2, 0.25) is 0 Å². The van der Waals surface area contributed by atoms with E-state index in [1.54, 1.807) is 13.2 Å². The molecule has 1 saturated carbocycles. The molecular weight excluding hydrogens is 214 g/mol. The van der Waals surface area contributed by atoms with Crippen LogP contribution >= 0.6 is 0 Å². The average Bonchev–Trinajstić information content (AvgIpc) is 2.26. The van der Waals surface area contributed by atoms with Gasteiger partial charge in [0.15, 0.2) is 0 Å². The molecule has 1 aromatic carbocycles. The molecule has 0 unspecified atom stereocenters. The zero-order valence-electron chi connectivity index (χ0n) is 10.5. The van der Waals surface area contributed by atoms with Gasteiger partial charge < -0.3 is 4.74 Å². The van der Waals surface area contributed by atoms with Crippen LogP contribution in [0, 0.1) is 5.41 Å². The summed E-state index contributed by atoms with van der Waals surface area (Å²) in [6.07, 6.45) is 3.43. The molecule has 0 heterocycles. The van der Waals surface area contributed by atoms with E-state index in [-0.39, 0.29) is 5.41 Å². The maximum absolute atomic E-state index is 10.7. The number of methoxy groups -OCH3 is 1. The third-order valence-electron chi connectivity index (χ3n) is 3.41. The normalized spacial score (nSPS) is 19.9. The molecule has 0 atom stereocenters. The van der Waals surface area contributed by atoms with E-state index in [0.29, 0.717) is 0 Å². The summed E-state index contributed by atoms with van der Waals surface area (Å²) in [6.45, 7) is 4.36. The van der Waals surface area contributed by atoms with Crippen molar-refractivity contribution in [2.24, 2.45) is 10.4 Å². The molecule has 0 aromatic heterocycles. The highest BCUT2D eigenvalue weighted by atomic mass is 16.5. The molecule has 3 heteroatoms. The second-order valence-electron chi connectivity index (χ2n) is 5.45. The quantitative estimate of drug-likeness (QED) is 0.592. The maximum atomic E-state index is 10.7. The molecule has 2 rings (SSSR count). The largest absolute Gasteiger partial charge is 0.496 e. The summed E-state index contributed by atoms with van der Waals surface area (Å²) in [5.74, 6) is 0.794. The van der Waals surface area contributed by atoms with Gasteiger partial charge in [-0.3, -0.25) is 0 Å². The van der Waals surface area contributed by atoms with Crippen molar-refractivity contribution in [3.05, 3.63) is 29.8 Å². The predicted octanol–water partition coefficient (Wildman–Crippen LogP) is 3.05. The third kappa shape index (κ3) is 1.98. The number of rotatable bonds is 3. The Labute approximate surface area is 102 Å². The lowest BCUT2D eigenvalue weighted by Gasteiger charge is -2.50. The van der Waals surface area contributed by atoms with E-state index in [4.69, 9.17) is 4.74 Å². The van der Waals surface area contributed by atoms with Gasteiger partial charge in [-0.15, -0.1) is 0 Å². The lowest BCUT2D eigenvalue weighted by Crippen LogP contribution is -2.45. The van der Waals surface area contributed by atoms with Crippen LogP contribution in [-0.2, 0) is 10.3 Å². The molecule has 0 amide bonds. The fourth-order valence-electron chi connectivity index (χ4n) is 2.98. The number of isocyanates is 1. The van der Waals surface area contributed by atoms with Crippen LogP contribution in [0.25, 0.3) is 0 Å². The van der Waals surface area contributed by atoms with Gasteiger partial charge in [0.25, 0.3) is 0 Å². The molecule has 90 valence electrons. The highest BCUT2D eigenvalue weighted by Gasteiger charge is 2.51. The fourth-order valence-corrected chi connectivity index (χ4v) is 2.98. The van der Waals surface area contributed by atoms with E-state index in [0.717, 1.165) is 24.2 Å². The summed E-state index contributed by atoms with van der Waals surface area (Å²) in [5, 5.41) is 0. The minimum absolute atomic E-state index is 0.223. The standard InChI is InChI=1S/C14H17NO2/c1-13(2)8-14(9-13,15-10-16)11-6-4-5-7-12(11)17-3/h4-7H,8-9H2,1-3H3. The van der Waals surface area contributed by atoms with Crippen molar-refractivity contribution < 1.29 is 9.53 Å². The Balaban J connectivity index is 2.45. The molecule has 0 aliphatic heterocycles. The van der Waals surface area contributed by atoms with Crippen molar-refractivity contribution in [3.63, 3.8) is 0 Å². The van der Waals surface area contributed by atoms with Gasteiger partial charge in [-0.1, -0.05) is 32.0 Å². The van der Waals surface area contributed by atoms with E-state index in [1.165, 1.54) is 0 Å². The molecule has 17 heavy (non-hydrogen) atoms. The highest BCUT2D eigenvalue weighted by Crippen LogP contribution is 2.57. The molecule has 0 saturated heterocycles. The van der Waals surface area contributed by atoms with Crippen molar-refractivity contribution in [1.82, 2.24) is 0 Å². The van der Waals surface area contributed by atoms with Crippen molar-refractivity contribution in [2.45, 2.75) is 32.2 Å². The first-order chi connectivity index (χ1) is 8.03. The van der Waals surface area contributed by atoms with Crippen molar-refractivity contribution in [1.29, 1.82) is 0 Å². The first kappa shape index (κ1) is 11.9. The Morgan fingerprint density at radius 2 is 1.94 bits per heavy atom. The summed E-state index contributed by atoms with van der Waals surface area (Å²) in [7, 11) is 1.64. The Morgan fingerprint density at radius 3 is 2.47 bits per heavy atom. The highest BCUT2D eigenvalue weighted by molar-refractivity contribution is 5.46. The molecular formula is C14H17NO2. The molecule has 1 fully saturated rings. The molecule has 1 aliphatic carbocycles. The predicted molar refractivity (Wildman–Crippen MR) is 65.8 cm³/mol. The first-order valence-corrected chi connectivity index (χ1v) is 5.76. The van der Waals surface area contributed by atoms with Crippen molar-refractivity contribution >= 4 is 6.08 Å². The van der Waals surface area contributed by atoms with Gasteiger partial charge >= 0.3 is 0 Å². The molecule has 0 radical (unpaired) electrons. The molecule has 1 aromatic rings. The summed E-state index contributed by atoms with van der Waals surface area (Å²) in [5.41, 5.74) is 0.782. The first-order valence-electron chi connectivity index (χ1n) is 5.76. The van der Waals surface area contributed by atoms with E-state index >= 15 is 0 Å². The number of hydrogen-bond donors (Lipinski definition) is 0. The van der Waals surface area contributed by atoms with Crippen LogP contribution in [0.3, 0.4) is 0 Å². The lowest BCUT2D eigenvalue weighted by atomic mass is 9.57. The number of hydrogen-bond acceptors (Lipinski definition) is 3. The molecule has 0 N–H and O–H groups in total. The van der Waals surface area contributed by atoms with E-state index < -0.39 is 5.54 Å². The molecule has 0 spiro atoms. The Kier molecular flexibility index (Phi) is 2.80. The summed E-state index contributed by atoms with van der Waals surface area (Å²) < 4.78 is 5.35. The van der Waals surface area contributed by atoms with E-state index in [2.05, 4.69) is 18.8 Å². The Morgan fingerprint density at radius 1 is 1.29 bits per heavy atom. The smallest absolute Gasteiger partial charge is 0.235 e. The summed E-state index contributed by atoms with van der Waals surface area (Å²) in [6, 6.07) is 7.76.